The van der Waals surface area contributed by atoms with Gasteiger partial charge in [0.25, 0.3) is 5.91 Å². The number of nitrogens with zero attached hydrogens (tertiary/aromatic N) is 2. The molecule has 29 heavy (non-hydrogen) atoms. The third-order valence-corrected chi connectivity index (χ3v) is 5.86. The molecular weight excluding hydrogens is 390 g/mol. The highest BCUT2D eigenvalue weighted by Crippen LogP contribution is 2.37. The summed E-state index contributed by atoms with van der Waals surface area (Å²) in [5.41, 5.74) is 7.77. The van der Waals surface area contributed by atoms with E-state index in [9.17, 15) is 14.4 Å². The fourth-order valence-electron chi connectivity index (χ4n) is 3.42. The average Bonchev–Trinajstić information content (AvgIpc) is 2.98. The number of fused-ring (bicyclic) bond motifs is 1. The van der Waals surface area contributed by atoms with Gasteiger partial charge in [0.15, 0.2) is 0 Å². The smallest absolute Gasteiger partial charge is 0.251 e. The molecule has 154 valence electrons. The fourth-order valence-corrected chi connectivity index (χ4v) is 4.73. The third kappa shape index (κ3) is 5.39. The van der Waals surface area contributed by atoms with Crippen molar-refractivity contribution < 1.29 is 14.4 Å². The highest BCUT2D eigenvalue weighted by molar-refractivity contribution is 7.17. The van der Waals surface area contributed by atoms with Gasteiger partial charge >= 0.3 is 0 Å². The summed E-state index contributed by atoms with van der Waals surface area (Å²) in [4.78, 5) is 43.5. The van der Waals surface area contributed by atoms with Crippen LogP contribution in [0.15, 0.2) is 18.2 Å². The van der Waals surface area contributed by atoms with Crippen molar-refractivity contribution in [3.05, 3.63) is 39.9 Å². The van der Waals surface area contributed by atoms with Crippen LogP contribution in [0, 0.1) is 6.92 Å². The largest absolute Gasteiger partial charge is 0.365 e. The number of hydrogen-bond acceptors (Lipinski definition) is 6. The van der Waals surface area contributed by atoms with Crippen molar-refractivity contribution in [2.24, 2.45) is 5.73 Å². The number of hydrogen-bond donors (Lipinski definition) is 3. The Labute approximate surface area is 173 Å². The van der Waals surface area contributed by atoms with Crippen LogP contribution in [-0.2, 0) is 22.4 Å². The topological polar surface area (TPSA) is 117 Å². The number of carbonyl (C=O) groups is 3. The Hall–Kier alpha value is -2.78. The van der Waals surface area contributed by atoms with Crippen LogP contribution < -0.4 is 16.4 Å². The normalized spacial score (nSPS) is 13.1. The number of anilines is 2. The molecule has 0 radical (unpaired) electrons. The van der Waals surface area contributed by atoms with Crippen LogP contribution in [0.5, 0.6) is 0 Å². The Bertz CT molecular complexity index is 940. The molecule has 8 nitrogen and oxygen atoms in total. The number of pyridine rings is 1. The Morgan fingerprint density at radius 2 is 1.83 bits per heavy atom. The lowest BCUT2D eigenvalue weighted by atomic mass is 9.95. The summed E-state index contributed by atoms with van der Waals surface area (Å²) in [6, 6.07) is 5.36. The van der Waals surface area contributed by atoms with Gasteiger partial charge in [-0.1, -0.05) is 6.07 Å². The minimum absolute atomic E-state index is 0.00936. The van der Waals surface area contributed by atoms with E-state index in [1.807, 2.05) is 19.1 Å². The first-order chi connectivity index (χ1) is 13.8. The number of carbonyl (C=O) groups excluding carboxylic acids is 3. The van der Waals surface area contributed by atoms with Crippen molar-refractivity contribution in [3.63, 3.8) is 0 Å². The number of nitrogens with one attached hydrogen (secondary N) is 2. The molecule has 4 N–H and O–H groups in total. The van der Waals surface area contributed by atoms with E-state index < -0.39 is 5.91 Å². The Kier molecular flexibility index (Phi) is 6.60. The van der Waals surface area contributed by atoms with Gasteiger partial charge in [-0.25, -0.2) is 4.98 Å². The van der Waals surface area contributed by atoms with Gasteiger partial charge in [-0.05, 0) is 57.4 Å². The van der Waals surface area contributed by atoms with Crippen LogP contribution in [0.3, 0.4) is 0 Å². The number of amides is 3. The molecule has 1 aliphatic rings. The van der Waals surface area contributed by atoms with Crippen molar-refractivity contribution in [3.8, 4) is 0 Å². The monoisotopic (exact) mass is 415 g/mol. The van der Waals surface area contributed by atoms with Crippen LogP contribution in [0.1, 0.15) is 39.3 Å². The van der Waals surface area contributed by atoms with Gasteiger partial charge in [0.05, 0.1) is 18.7 Å². The van der Waals surface area contributed by atoms with Crippen LogP contribution in [0.25, 0.3) is 0 Å². The molecule has 2 heterocycles. The molecule has 0 saturated carbocycles. The molecule has 1 aliphatic carbocycles. The minimum Gasteiger partial charge on any atom is -0.365 e. The number of likely N-dealkylation sites (N-methyl/N-ethyl adjacent to an activating group) is 1. The number of aromatic nitrogens is 1. The summed E-state index contributed by atoms with van der Waals surface area (Å²) >= 11 is 1.42. The van der Waals surface area contributed by atoms with E-state index in [1.54, 1.807) is 18.0 Å². The lowest BCUT2D eigenvalue weighted by Gasteiger charge is -2.16. The van der Waals surface area contributed by atoms with E-state index in [4.69, 9.17) is 5.73 Å². The fraction of sp³-hybridized carbons (Fsp3) is 0.400. The Morgan fingerprint density at radius 3 is 2.52 bits per heavy atom. The van der Waals surface area contributed by atoms with Crippen molar-refractivity contribution in [1.82, 2.24) is 9.88 Å². The first-order valence-corrected chi connectivity index (χ1v) is 10.3. The predicted molar refractivity (Wildman–Crippen MR) is 113 cm³/mol. The lowest BCUT2D eigenvalue weighted by Crippen LogP contribution is -2.36. The molecule has 0 aromatic carbocycles. The molecule has 0 atom stereocenters. The molecule has 0 fully saturated rings. The van der Waals surface area contributed by atoms with E-state index in [1.165, 1.54) is 11.3 Å². The highest BCUT2D eigenvalue weighted by atomic mass is 32.1. The molecule has 2 aromatic rings. The van der Waals surface area contributed by atoms with E-state index in [-0.39, 0.29) is 24.9 Å². The molecule has 2 aromatic heterocycles. The van der Waals surface area contributed by atoms with E-state index >= 15 is 0 Å². The summed E-state index contributed by atoms with van der Waals surface area (Å²) in [6.07, 6.45) is 3.81. The summed E-state index contributed by atoms with van der Waals surface area (Å²) in [7, 11) is 1.68. The zero-order valence-corrected chi connectivity index (χ0v) is 17.4. The van der Waals surface area contributed by atoms with Gasteiger partial charge in [-0.2, -0.15) is 0 Å². The van der Waals surface area contributed by atoms with Crippen molar-refractivity contribution in [2.75, 3.05) is 30.8 Å². The molecule has 3 rings (SSSR count). The second-order valence-electron chi connectivity index (χ2n) is 7.21. The van der Waals surface area contributed by atoms with Crippen LogP contribution in [0.4, 0.5) is 10.8 Å². The zero-order chi connectivity index (χ0) is 21.0. The van der Waals surface area contributed by atoms with Gasteiger partial charge in [0, 0.05) is 10.6 Å². The van der Waals surface area contributed by atoms with Crippen LogP contribution in [0.2, 0.25) is 0 Å². The third-order valence-electron chi connectivity index (χ3n) is 4.65. The maximum absolute atomic E-state index is 12.5. The maximum atomic E-state index is 12.5. The molecule has 0 spiro atoms. The van der Waals surface area contributed by atoms with E-state index in [2.05, 4.69) is 15.6 Å². The van der Waals surface area contributed by atoms with Crippen LogP contribution >= 0.6 is 11.3 Å². The summed E-state index contributed by atoms with van der Waals surface area (Å²) in [5, 5.41) is 6.02. The number of primary amides is 1. The second-order valence-corrected chi connectivity index (χ2v) is 8.32. The molecule has 0 saturated heterocycles. The molecule has 0 aliphatic heterocycles. The molecule has 3 amide bonds. The first kappa shape index (κ1) is 20.9. The number of thiophene rings is 1. The summed E-state index contributed by atoms with van der Waals surface area (Å²) in [6.45, 7) is 1.89. The van der Waals surface area contributed by atoms with Gasteiger partial charge in [0.2, 0.25) is 11.8 Å². The Morgan fingerprint density at radius 1 is 1.14 bits per heavy atom. The average molecular weight is 416 g/mol. The summed E-state index contributed by atoms with van der Waals surface area (Å²) < 4.78 is 0. The number of nitrogens with two attached hydrogens (primary N) is 1. The van der Waals surface area contributed by atoms with Gasteiger partial charge in [-0.3, -0.25) is 19.3 Å². The van der Waals surface area contributed by atoms with Gasteiger partial charge < -0.3 is 16.4 Å². The molecular formula is C20H25N5O3S. The SMILES string of the molecule is Cc1cccc(NC(=O)CN(C)CC(=O)Nc2sc3c(c2C(N)=O)CCCC3)n1. The van der Waals surface area contributed by atoms with Crippen molar-refractivity contribution in [2.45, 2.75) is 32.6 Å². The Balaban J connectivity index is 1.57. The second kappa shape index (κ2) is 9.15. The van der Waals surface area contributed by atoms with Gasteiger partial charge in [0.1, 0.15) is 10.8 Å². The van der Waals surface area contributed by atoms with Crippen molar-refractivity contribution in [1.29, 1.82) is 0 Å². The molecule has 0 bridgehead atoms. The standard InChI is InChI=1S/C20H25N5O3S/c1-12-6-5-9-15(22-12)23-16(26)10-25(2)11-17(27)24-20-18(19(21)28)13-7-3-4-8-14(13)29-20/h5-6,9H,3-4,7-8,10-11H2,1-2H3,(H2,21,28)(H,24,27)(H,22,23,26). The number of aryl methyl sites for hydroxylation is 2. The van der Waals surface area contributed by atoms with Gasteiger partial charge in [-0.15, -0.1) is 11.3 Å². The lowest BCUT2D eigenvalue weighted by molar-refractivity contribution is -0.119. The van der Waals surface area contributed by atoms with Crippen molar-refractivity contribution >= 4 is 39.9 Å². The zero-order valence-electron chi connectivity index (χ0n) is 16.6. The van der Waals surface area contributed by atoms with E-state index in [0.29, 0.717) is 16.4 Å². The quantitative estimate of drug-likeness (QED) is 0.639. The highest BCUT2D eigenvalue weighted by Gasteiger charge is 2.25. The first-order valence-electron chi connectivity index (χ1n) is 9.49. The number of rotatable bonds is 7. The van der Waals surface area contributed by atoms with E-state index in [0.717, 1.165) is 41.8 Å². The predicted octanol–water partition coefficient (Wildman–Crippen LogP) is 1.94. The molecule has 9 heteroatoms. The van der Waals surface area contributed by atoms with Crippen LogP contribution in [-0.4, -0.2) is 47.7 Å². The maximum Gasteiger partial charge on any atom is 0.251 e. The minimum atomic E-state index is -0.516. The molecule has 0 unspecified atom stereocenters. The summed E-state index contributed by atoms with van der Waals surface area (Å²) in [5.74, 6) is -0.598.